The van der Waals surface area contributed by atoms with Crippen LogP contribution in [-0.2, 0) is 6.18 Å². The van der Waals surface area contributed by atoms with E-state index in [1.165, 1.54) is 14.0 Å². The first-order chi connectivity index (χ1) is 8.20. The second-order valence-corrected chi connectivity index (χ2v) is 3.69. The van der Waals surface area contributed by atoms with Crippen molar-refractivity contribution in [1.82, 2.24) is 0 Å². The van der Waals surface area contributed by atoms with Crippen molar-refractivity contribution in [3.8, 4) is 11.5 Å². The second kappa shape index (κ2) is 4.85. The largest absolute Gasteiger partial charge is 0.504 e. The Hall–Kier alpha value is -1.76. The molecule has 1 atom stereocenters. The second-order valence-electron chi connectivity index (χ2n) is 3.69. The maximum absolute atomic E-state index is 12.7. The molecule has 0 heterocycles. The molecule has 7 heteroatoms. The van der Waals surface area contributed by atoms with Crippen LogP contribution in [0.5, 0.6) is 11.5 Å². The summed E-state index contributed by atoms with van der Waals surface area (Å²) in [6.45, 7) is 1.24. The van der Waals surface area contributed by atoms with E-state index in [0.29, 0.717) is 6.07 Å². The number of rotatable bonds is 3. The molecule has 1 rings (SSSR count). The van der Waals surface area contributed by atoms with Crippen LogP contribution in [0.1, 0.15) is 22.8 Å². The molecule has 0 aliphatic carbocycles. The molecular formula is C11H12F3NO3. The number of hydrogen-bond acceptors (Lipinski definition) is 4. The Labute approximate surface area is 101 Å². The normalized spacial score (nSPS) is 13.2. The van der Waals surface area contributed by atoms with E-state index in [4.69, 9.17) is 5.73 Å². The molecule has 0 saturated carbocycles. The van der Waals surface area contributed by atoms with Crippen LogP contribution in [0, 0.1) is 0 Å². The Bertz CT molecular complexity index is 469. The van der Waals surface area contributed by atoms with Gasteiger partial charge in [-0.15, -0.1) is 0 Å². The minimum absolute atomic E-state index is 0.216. The zero-order valence-electron chi connectivity index (χ0n) is 9.71. The lowest BCUT2D eigenvalue weighted by Crippen LogP contribution is -2.29. The first-order valence-corrected chi connectivity index (χ1v) is 4.97. The number of hydrogen-bond donors (Lipinski definition) is 2. The average Bonchev–Trinajstić information content (AvgIpc) is 2.26. The molecule has 0 bridgehead atoms. The summed E-state index contributed by atoms with van der Waals surface area (Å²) in [6, 6.07) is 0.452. The topological polar surface area (TPSA) is 72.5 Å². The zero-order chi connectivity index (χ0) is 14.1. The molecule has 0 aliphatic rings. The predicted octanol–water partition coefficient (Wildman–Crippen LogP) is 1.95. The number of carbonyl (C=O) groups excluding carboxylic acids is 1. The number of methoxy groups -OCH3 is 1. The standard InChI is InChI=1S/C11H12F3NO3/c1-5(15)9(16)8-6(11(12,13)14)3-4-7(18-2)10(8)17/h3-5,17H,15H2,1-2H3. The van der Waals surface area contributed by atoms with Crippen molar-refractivity contribution in [2.45, 2.75) is 19.1 Å². The van der Waals surface area contributed by atoms with Crippen molar-refractivity contribution in [2.24, 2.45) is 5.73 Å². The number of benzene rings is 1. The summed E-state index contributed by atoms with van der Waals surface area (Å²) in [5.74, 6) is -2.07. The number of carbonyl (C=O) groups is 1. The predicted molar refractivity (Wildman–Crippen MR) is 57.6 cm³/mol. The van der Waals surface area contributed by atoms with Gasteiger partial charge in [0, 0.05) is 0 Å². The van der Waals surface area contributed by atoms with E-state index in [-0.39, 0.29) is 5.75 Å². The fraction of sp³-hybridized carbons (Fsp3) is 0.364. The molecular weight excluding hydrogens is 251 g/mol. The van der Waals surface area contributed by atoms with Gasteiger partial charge in [-0.05, 0) is 19.1 Å². The minimum atomic E-state index is -4.76. The summed E-state index contributed by atoms with van der Waals surface area (Å²) in [7, 11) is 1.17. The number of phenolic OH excluding ortho intramolecular Hbond substituents is 1. The van der Waals surface area contributed by atoms with Gasteiger partial charge in [0.25, 0.3) is 0 Å². The first-order valence-electron chi connectivity index (χ1n) is 4.97. The van der Waals surface area contributed by atoms with Crippen LogP contribution in [0.4, 0.5) is 13.2 Å². The number of alkyl halides is 3. The van der Waals surface area contributed by atoms with E-state index >= 15 is 0 Å². The van der Waals surface area contributed by atoms with Gasteiger partial charge < -0.3 is 15.6 Å². The van der Waals surface area contributed by atoms with Crippen molar-refractivity contribution in [1.29, 1.82) is 0 Å². The fourth-order valence-electron chi connectivity index (χ4n) is 1.45. The van der Waals surface area contributed by atoms with Gasteiger partial charge in [0.1, 0.15) is 0 Å². The van der Waals surface area contributed by atoms with Crippen molar-refractivity contribution < 1.29 is 27.8 Å². The highest BCUT2D eigenvalue weighted by molar-refractivity contribution is 6.04. The Morgan fingerprint density at radius 2 is 2.00 bits per heavy atom. The summed E-state index contributed by atoms with van der Waals surface area (Å²) in [6.07, 6.45) is -4.76. The van der Waals surface area contributed by atoms with Crippen LogP contribution in [0.15, 0.2) is 12.1 Å². The van der Waals surface area contributed by atoms with E-state index in [1.54, 1.807) is 0 Å². The highest BCUT2D eigenvalue weighted by Crippen LogP contribution is 2.40. The van der Waals surface area contributed by atoms with Gasteiger partial charge in [0.05, 0.1) is 24.3 Å². The van der Waals surface area contributed by atoms with Crippen LogP contribution in [0.25, 0.3) is 0 Å². The van der Waals surface area contributed by atoms with Crippen LogP contribution in [0.2, 0.25) is 0 Å². The van der Waals surface area contributed by atoms with E-state index < -0.39 is 34.9 Å². The molecule has 0 amide bonds. The monoisotopic (exact) mass is 263 g/mol. The molecule has 0 spiro atoms. The molecule has 18 heavy (non-hydrogen) atoms. The number of halogens is 3. The number of phenols is 1. The molecule has 0 aliphatic heterocycles. The van der Waals surface area contributed by atoms with Crippen LogP contribution < -0.4 is 10.5 Å². The highest BCUT2D eigenvalue weighted by atomic mass is 19.4. The van der Waals surface area contributed by atoms with E-state index in [0.717, 1.165) is 6.07 Å². The van der Waals surface area contributed by atoms with Gasteiger partial charge in [0.15, 0.2) is 17.3 Å². The van der Waals surface area contributed by atoms with Gasteiger partial charge >= 0.3 is 6.18 Å². The molecule has 100 valence electrons. The van der Waals surface area contributed by atoms with Crippen LogP contribution >= 0.6 is 0 Å². The lowest BCUT2D eigenvalue weighted by molar-refractivity contribution is -0.138. The molecule has 1 aromatic rings. The Morgan fingerprint density at radius 3 is 2.39 bits per heavy atom. The number of nitrogens with two attached hydrogens (primary N) is 1. The van der Waals surface area contributed by atoms with Crippen molar-refractivity contribution in [3.63, 3.8) is 0 Å². The smallest absolute Gasteiger partial charge is 0.417 e. The Balaban J connectivity index is 3.55. The molecule has 0 fully saturated rings. The lowest BCUT2D eigenvalue weighted by Gasteiger charge is -2.16. The van der Waals surface area contributed by atoms with Gasteiger partial charge in [-0.3, -0.25) is 4.79 Å². The highest BCUT2D eigenvalue weighted by Gasteiger charge is 2.38. The Morgan fingerprint density at radius 1 is 1.44 bits per heavy atom. The molecule has 0 saturated heterocycles. The molecule has 4 nitrogen and oxygen atoms in total. The summed E-state index contributed by atoms with van der Waals surface area (Å²) >= 11 is 0. The summed E-state index contributed by atoms with van der Waals surface area (Å²) < 4.78 is 42.9. The third-order valence-corrected chi connectivity index (χ3v) is 2.33. The fourth-order valence-corrected chi connectivity index (χ4v) is 1.45. The number of ether oxygens (including phenoxy) is 1. The van der Waals surface area contributed by atoms with Crippen molar-refractivity contribution in [3.05, 3.63) is 23.3 Å². The summed E-state index contributed by atoms with van der Waals surface area (Å²) in [5, 5.41) is 9.65. The molecule has 3 N–H and O–H groups in total. The van der Waals surface area contributed by atoms with Crippen molar-refractivity contribution >= 4 is 5.78 Å². The van der Waals surface area contributed by atoms with Gasteiger partial charge in [0.2, 0.25) is 0 Å². The van der Waals surface area contributed by atoms with Crippen LogP contribution in [0.3, 0.4) is 0 Å². The lowest BCUT2D eigenvalue weighted by atomic mass is 9.97. The number of aromatic hydroxyl groups is 1. The molecule has 0 radical (unpaired) electrons. The quantitative estimate of drug-likeness (QED) is 0.817. The molecule has 1 unspecified atom stereocenters. The summed E-state index contributed by atoms with van der Waals surface area (Å²) in [5.41, 5.74) is 3.17. The minimum Gasteiger partial charge on any atom is -0.504 e. The van der Waals surface area contributed by atoms with Crippen LogP contribution in [-0.4, -0.2) is 24.0 Å². The van der Waals surface area contributed by atoms with E-state index in [2.05, 4.69) is 4.74 Å². The maximum Gasteiger partial charge on any atom is 0.417 e. The summed E-state index contributed by atoms with van der Waals surface area (Å²) in [4.78, 5) is 11.7. The average molecular weight is 263 g/mol. The number of Topliss-reactive ketones (excluding diaryl/α,β-unsaturated/α-hetero) is 1. The molecule has 1 aromatic carbocycles. The number of ketones is 1. The van der Waals surface area contributed by atoms with Gasteiger partial charge in [-0.2, -0.15) is 13.2 Å². The van der Waals surface area contributed by atoms with Gasteiger partial charge in [-0.1, -0.05) is 0 Å². The van der Waals surface area contributed by atoms with E-state index in [9.17, 15) is 23.1 Å². The SMILES string of the molecule is COc1ccc(C(F)(F)F)c(C(=O)C(C)N)c1O. The first kappa shape index (κ1) is 14.3. The molecule has 0 aromatic heterocycles. The van der Waals surface area contributed by atoms with E-state index in [1.807, 2.05) is 0 Å². The maximum atomic E-state index is 12.7. The zero-order valence-corrected chi connectivity index (χ0v) is 9.71. The third-order valence-electron chi connectivity index (χ3n) is 2.33. The third kappa shape index (κ3) is 2.56. The Kier molecular flexibility index (Phi) is 3.85. The van der Waals surface area contributed by atoms with Crippen molar-refractivity contribution in [2.75, 3.05) is 7.11 Å². The van der Waals surface area contributed by atoms with Gasteiger partial charge in [-0.25, -0.2) is 0 Å².